The van der Waals surface area contributed by atoms with Crippen LogP contribution in [0.3, 0.4) is 0 Å². The maximum atomic E-state index is 12.7. The van der Waals surface area contributed by atoms with E-state index in [4.69, 9.17) is 0 Å². The van der Waals surface area contributed by atoms with Gasteiger partial charge >= 0.3 is 0 Å². The van der Waals surface area contributed by atoms with E-state index in [2.05, 4.69) is 47.2 Å². The number of halogens is 1. The van der Waals surface area contributed by atoms with Crippen LogP contribution in [0.15, 0.2) is 63.2 Å². The van der Waals surface area contributed by atoms with Crippen molar-refractivity contribution in [2.45, 2.75) is 21.1 Å². The van der Waals surface area contributed by atoms with Gasteiger partial charge in [-0.15, -0.1) is 12.4 Å². The summed E-state index contributed by atoms with van der Waals surface area (Å²) in [6.07, 6.45) is 3.24. The molecule has 2 heterocycles. The van der Waals surface area contributed by atoms with Gasteiger partial charge in [-0.3, -0.25) is 0 Å². The third-order valence-corrected chi connectivity index (χ3v) is 8.77. The number of nitrogens with zero attached hydrogens (tertiary/aromatic N) is 3. The molecule has 1 saturated heterocycles. The van der Waals surface area contributed by atoms with Gasteiger partial charge < -0.3 is 9.80 Å². The Morgan fingerprint density at radius 2 is 1.68 bits per heavy atom. The van der Waals surface area contributed by atoms with Crippen molar-refractivity contribution in [3.63, 3.8) is 0 Å². The summed E-state index contributed by atoms with van der Waals surface area (Å²) < 4.78 is 26.7. The first kappa shape index (κ1) is 24.3. The van der Waals surface area contributed by atoms with Crippen LogP contribution in [0.25, 0.3) is 5.57 Å². The van der Waals surface area contributed by atoms with E-state index in [0.717, 1.165) is 55.2 Å². The van der Waals surface area contributed by atoms with Gasteiger partial charge in [0.05, 0.1) is 4.90 Å². The molecule has 0 atom stereocenters. The molecule has 2 aliphatic rings. The Morgan fingerprint density at radius 1 is 1.00 bits per heavy atom. The Labute approximate surface area is 196 Å². The maximum absolute atomic E-state index is 12.7. The molecule has 0 spiro atoms. The number of piperazine rings is 1. The third-order valence-electron chi connectivity index (χ3n) is 5.81. The molecular formula is C23H30ClN3O2S2. The number of hydrogen-bond donors (Lipinski definition) is 0. The highest BCUT2D eigenvalue weighted by Gasteiger charge is 2.25. The molecule has 2 aromatic carbocycles. The van der Waals surface area contributed by atoms with E-state index in [9.17, 15) is 8.42 Å². The normalized spacial score (nSPS) is 18.5. The van der Waals surface area contributed by atoms with Crippen LogP contribution >= 0.6 is 24.2 Å². The summed E-state index contributed by atoms with van der Waals surface area (Å²) in [7, 11) is 1.85. The molecule has 0 aromatic heterocycles. The Hall–Kier alpha value is -1.35. The Kier molecular flexibility index (Phi) is 7.89. The van der Waals surface area contributed by atoms with Crippen molar-refractivity contribution < 1.29 is 8.42 Å². The number of likely N-dealkylation sites (N-methyl/N-ethyl adjacent to an activating group) is 1. The molecule has 168 valence electrons. The van der Waals surface area contributed by atoms with Crippen LogP contribution in [0.4, 0.5) is 0 Å². The fourth-order valence-corrected chi connectivity index (χ4v) is 5.92. The lowest BCUT2D eigenvalue weighted by Gasteiger charge is -2.32. The van der Waals surface area contributed by atoms with Crippen molar-refractivity contribution in [1.29, 1.82) is 0 Å². The van der Waals surface area contributed by atoms with Gasteiger partial charge in [-0.05, 0) is 54.4 Å². The highest BCUT2D eigenvalue weighted by atomic mass is 35.5. The fraction of sp³-hybridized carbons (Fsp3) is 0.391. The number of rotatable bonds is 5. The second-order valence-electron chi connectivity index (χ2n) is 8.10. The molecule has 2 aromatic rings. The molecule has 0 bridgehead atoms. The molecule has 0 aliphatic carbocycles. The molecule has 0 amide bonds. The Balaban J connectivity index is 0.00000272. The highest BCUT2D eigenvalue weighted by Crippen LogP contribution is 2.46. The molecular weight excluding hydrogens is 450 g/mol. The summed E-state index contributed by atoms with van der Waals surface area (Å²) in [5.74, 6) is 0. The maximum Gasteiger partial charge on any atom is 0.242 e. The van der Waals surface area contributed by atoms with Crippen molar-refractivity contribution in [2.75, 3.05) is 53.9 Å². The van der Waals surface area contributed by atoms with Crippen LogP contribution < -0.4 is 0 Å². The second kappa shape index (κ2) is 10.1. The molecule has 31 heavy (non-hydrogen) atoms. The predicted octanol–water partition coefficient (Wildman–Crippen LogP) is 3.89. The van der Waals surface area contributed by atoms with Crippen LogP contribution in [-0.4, -0.2) is 76.4 Å². The van der Waals surface area contributed by atoms with Gasteiger partial charge in [0.15, 0.2) is 0 Å². The quantitative estimate of drug-likeness (QED) is 0.555. The van der Waals surface area contributed by atoms with Gasteiger partial charge in [0.2, 0.25) is 10.0 Å². The van der Waals surface area contributed by atoms with E-state index in [0.29, 0.717) is 4.90 Å². The molecule has 0 saturated carbocycles. The van der Waals surface area contributed by atoms with E-state index in [-0.39, 0.29) is 12.4 Å². The molecule has 1 fully saturated rings. The van der Waals surface area contributed by atoms with Gasteiger partial charge in [0.25, 0.3) is 0 Å². The van der Waals surface area contributed by atoms with Crippen LogP contribution in [0, 0.1) is 0 Å². The number of sulfonamides is 1. The number of fused-ring (bicyclic) bond motifs is 2. The summed E-state index contributed by atoms with van der Waals surface area (Å²) >= 11 is 1.71. The van der Waals surface area contributed by atoms with Gasteiger partial charge in [0.1, 0.15) is 0 Å². The van der Waals surface area contributed by atoms with Gasteiger partial charge in [-0.1, -0.05) is 36.0 Å². The zero-order chi connectivity index (χ0) is 21.3. The fourth-order valence-electron chi connectivity index (χ4n) is 3.90. The summed E-state index contributed by atoms with van der Waals surface area (Å²) in [6, 6.07) is 13.9. The van der Waals surface area contributed by atoms with Crippen LogP contribution in [0.2, 0.25) is 0 Å². The Morgan fingerprint density at radius 3 is 2.39 bits per heavy atom. The summed E-state index contributed by atoms with van der Waals surface area (Å²) in [4.78, 5) is 7.55. The van der Waals surface area contributed by atoms with Crippen LogP contribution in [0.5, 0.6) is 0 Å². The van der Waals surface area contributed by atoms with E-state index >= 15 is 0 Å². The first-order valence-corrected chi connectivity index (χ1v) is 12.6. The van der Waals surface area contributed by atoms with Crippen molar-refractivity contribution in [3.8, 4) is 0 Å². The van der Waals surface area contributed by atoms with Crippen molar-refractivity contribution in [2.24, 2.45) is 0 Å². The number of benzene rings is 2. The van der Waals surface area contributed by atoms with Crippen LogP contribution in [-0.2, 0) is 10.0 Å². The van der Waals surface area contributed by atoms with Crippen LogP contribution in [0.1, 0.15) is 17.5 Å². The topological polar surface area (TPSA) is 43.9 Å². The first-order chi connectivity index (χ1) is 14.4. The summed E-state index contributed by atoms with van der Waals surface area (Å²) in [6.45, 7) is 5.47. The van der Waals surface area contributed by atoms with Gasteiger partial charge in [-0.2, -0.15) is 0 Å². The molecule has 4 rings (SSSR count). The highest BCUT2D eigenvalue weighted by molar-refractivity contribution is 7.99. The molecule has 0 N–H and O–H groups in total. The SMILES string of the molecule is CN1CCN(CC/C=C2/c3ccccc3Sc3ccc(S(=O)(=O)N(C)C)cc32)CC1.Cl. The third kappa shape index (κ3) is 5.18. The largest absolute Gasteiger partial charge is 0.304 e. The van der Waals surface area contributed by atoms with Gasteiger partial charge in [-0.25, -0.2) is 12.7 Å². The lowest BCUT2D eigenvalue weighted by atomic mass is 9.96. The molecule has 0 radical (unpaired) electrons. The average Bonchev–Trinajstić information content (AvgIpc) is 2.74. The number of hydrogen-bond acceptors (Lipinski definition) is 5. The van der Waals surface area contributed by atoms with E-state index in [1.165, 1.54) is 14.8 Å². The monoisotopic (exact) mass is 479 g/mol. The second-order valence-corrected chi connectivity index (χ2v) is 11.3. The predicted molar refractivity (Wildman–Crippen MR) is 131 cm³/mol. The van der Waals surface area contributed by atoms with Crippen molar-refractivity contribution >= 4 is 39.8 Å². The molecule has 8 heteroatoms. The van der Waals surface area contributed by atoms with E-state index in [1.807, 2.05) is 12.1 Å². The lowest BCUT2D eigenvalue weighted by Crippen LogP contribution is -2.44. The van der Waals surface area contributed by atoms with Gasteiger partial charge in [0, 0.05) is 56.6 Å². The average molecular weight is 480 g/mol. The van der Waals surface area contributed by atoms with E-state index < -0.39 is 10.0 Å². The zero-order valence-corrected chi connectivity index (χ0v) is 20.7. The summed E-state index contributed by atoms with van der Waals surface area (Å²) in [5.41, 5.74) is 3.34. The van der Waals surface area contributed by atoms with Crippen molar-refractivity contribution in [1.82, 2.24) is 14.1 Å². The Bertz CT molecular complexity index is 1060. The lowest BCUT2D eigenvalue weighted by molar-refractivity contribution is 0.156. The molecule has 0 unspecified atom stereocenters. The van der Waals surface area contributed by atoms with Crippen molar-refractivity contribution in [3.05, 3.63) is 59.7 Å². The zero-order valence-electron chi connectivity index (χ0n) is 18.2. The minimum Gasteiger partial charge on any atom is -0.304 e. The molecule has 2 aliphatic heterocycles. The smallest absolute Gasteiger partial charge is 0.242 e. The molecule has 5 nitrogen and oxygen atoms in total. The summed E-state index contributed by atoms with van der Waals surface area (Å²) in [5, 5.41) is 0. The minimum absolute atomic E-state index is 0. The van der Waals surface area contributed by atoms with E-state index in [1.54, 1.807) is 31.9 Å². The first-order valence-electron chi connectivity index (χ1n) is 10.3. The standard InChI is InChI=1S/C23H29N3O2S2.ClH/c1-24(2)30(27,28)18-10-11-23-21(17-18)19(20-7-4-5-9-22(20)29-23)8-6-12-26-15-13-25(3)14-16-26;/h4-5,7-11,17H,6,12-16H2,1-3H3;1H/b19-8-;. The minimum atomic E-state index is -3.47.